The van der Waals surface area contributed by atoms with Gasteiger partial charge in [0.05, 0.1) is 5.75 Å². The van der Waals surface area contributed by atoms with E-state index < -0.39 is 0 Å². The van der Waals surface area contributed by atoms with E-state index in [0.29, 0.717) is 10.9 Å². The van der Waals surface area contributed by atoms with Gasteiger partial charge in [0.2, 0.25) is 11.1 Å². The van der Waals surface area contributed by atoms with Crippen LogP contribution in [0.2, 0.25) is 0 Å². The molecule has 1 aliphatic heterocycles. The van der Waals surface area contributed by atoms with Crippen LogP contribution in [0, 0.1) is 6.92 Å². The Bertz CT molecular complexity index is 634. The number of hydrogen-bond donors (Lipinski definition) is 2. The number of aryl methyl sites for hydroxylation is 1. The van der Waals surface area contributed by atoms with Crippen molar-refractivity contribution in [2.75, 3.05) is 29.1 Å². The highest BCUT2D eigenvalue weighted by Crippen LogP contribution is 2.22. The zero-order valence-corrected chi connectivity index (χ0v) is 13.3. The zero-order valence-electron chi connectivity index (χ0n) is 12.5. The van der Waals surface area contributed by atoms with Gasteiger partial charge in [-0.3, -0.25) is 9.89 Å². The lowest BCUT2D eigenvalue weighted by atomic mass is 10.2. The number of rotatable bonds is 5. The monoisotopic (exact) mass is 317 g/mol. The van der Waals surface area contributed by atoms with Crippen LogP contribution in [0.5, 0.6) is 0 Å². The van der Waals surface area contributed by atoms with Crippen molar-refractivity contribution in [1.29, 1.82) is 0 Å². The number of benzene rings is 1. The second kappa shape index (κ2) is 6.83. The Morgan fingerprint density at radius 2 is 2.05 bits per heavy atom. The topological polar surface area (TPSA) is 73.9 Å². The molecule has 2 aromatic rings. The second-order valence-electron chi connectivity index (χ2n) is 5.28. The van der Waals surface area contributed by atoms with Gasteiger partial charge in [-0.2, -0.15) is 0 Å². The molecule has 1 aromatic carbocycles. The van der Waals surface area contributed by atoms with Crippen LogP contribution in [0.1, 0.15) is 18.7 Å². The third kappa shape index (κ3) is 3.79. The molecule has 0 unspecified atom stereocenters. The number of aromatic amines is 1. The van der Waals surface area contributed by atoms with Gasteiger partial charge in [0, 0.05) is 24.5 Å². The molecule has 22 heavy (non-hydrogen) atoms. The van der Waals surface area contributed by atoms with Crippen LogP contribution >= 0.6 is 11.8 Å². The van der Waals surface area contributed by atoms with Crippen molar-refractivity contribution in [1.82, 2.24) is 15.2 Å². The molecule has 0 saturated carbocycles. The van der Waals surface area contributed by atoms with Crippen molar-refractivity contribution in [2.45, 2.75) is 24.9 Å². The van der Waals surface area contributed by atoms with Gasteiger partial charge < -0.3 is 10.2 Å². The number of carbonyl (C=O) groups excluding carboxylic acids is 1. The van der Waals surface area contributed by atoms with Gasteiger partial charge in [-0.15, -0.1) is 5.10 Å². The molecule has 116 valence electrons. The normalized spacial score (nSPS) is 14.3. The van der Waals surface area contributed by atoms with Gasteiger partial charge in [-0.1, -0.05) is 11.8 Å². The van der Waals surface area contributed by atoms with E-state index in [1.54, 1.807) is 0 Å². The molecule has 1 aliphatic rings. The smallest absolute Gasteiger partial charge is 0.234 e. The summed E-state index contributed by atoms with van der Waals surface area (Å²) in [5.41, 5.74) is 2.04. The summed E-state index contributed by atoms with van der Waals surface area (Å²) >= 11 is 1.32. The fraction of sp³-hybridized carbons (Fsp3) is 0.400. The van der Waals surface area contributed by atoms with Gasteiger partial charge >= 0.3 is 0 Å². The molecule has 0 spiro atoms. The Labute approximate surface area is 133 Å². The molecule has 3 rings (SSSR count). The van der Waals surface area contributed by atoms with Crippen LogP contribution in [0.4, 0.5) is 11.4 Å². The number of anilines is 2. The van der Waals surface area contributed by atoms with E-state index in [1.165, 1.54) is 30.3 Å². The third-order valence-electron chi connectivity index (χ3n) is 3.53. The van der Waals surface area contributed by atoms with E-state index in [0.717, 1.165) is 24.6 Å². The molecule has 2 heterocycles. The van der Waals surface area contributed by atoms with Crippen LogP contribution in [-0.2, 0) is 4.79 Å². The summed E-state index contributed by atoms with van der Waals surface area (Å²) in [7, 11) is 0. The van der Waals surface area contributed by atoms with Crippen molar-refractivity contribution in [3.8, 4) is 0 Å². The van der Waals surface area contributed by atoms with E-state index in [4.69, 9.17) is 0 Å². The molecule has 0 bridgehead atoms. The summed E-state index contributed by atoms with van der Waals surface area (Å²) in [5, 5.41) is 10.2. The van der Waals surface area contributed by atoms with Crippen LogP contribution < -0.4 is 10.2 Å². The molecule has 1 amide bonds. The highest BCUT2D eigenvalue weighted by Gasteiger charge is 2.12. The summed E-state index contributed by atoms with van der Waals surface area (Å²) in [6, 6.07) is 8.03. The Kier molecular flexibility index (Phi) is 4.62. The van der Waals surface area contributed by atoms with Gasteiger partial charge in [0.1, 0.15) is 5.82 Å². The Hall–Kier alpha value is -2.02. The number of nitrogens with one attached hydrogen (secondary N) is 2. The van der Waals surface area contributed by atoms with E-state index in [-0.39, 0.29) is 5.91 Å². The molecule has 1 fully saturated rings. The average molecular weight is 317 g/mol. The number of aromatic nitrogens is 3. The molecule has 6 nitrogen and oxygen atoms in total. The lowest BCUT2D eigenvalue weighted by Crippen LogP contribution is -2.18. The molecule has 7 heteroatoms. The van der Waals surface area contributed by atoms with Gasteiger partial charge in [-0.25, -0.2) is 4.98 Å². The molecule has 0 atom stereocenters. The third-order valence-corrected chi connectivity index (χ3v) is 4.38. The summed E-state index contributed by atoms with van der Waals surface area (Å²) in [6.45, 7) is 4.08. The second-order valence-corrected chi connectivity index (χ2v) is 6.22. The number of thioether (sulfide) groups is 1. The summed E-state index contributed by atoms with van der Waals surface area (Å²) in [5.74, 6) is 0.993. The fourth-order valence-corrected chi connectivity index (χ4v) is 3.09. The van der Waals surface area contributed by atoms with Crippen LogP contribution in [-0.4, -0.2) is 39.9 Å². The summed E-state index contributed by atoms with van der Waals surface area (Å²) in [4.78, 5) is 18.4. The van der Waals surface area contributed by atoms with Crippen molar-refractivity contribution in [3.05, 3.63) is 30.1 Å². The molecule has 1 aromatic heterocycles. The fourth-order valence-electron chi connectivity index (χ4n) is 2.44. The highest BCUT2D eigenvalue weighted by atomic mass is 32.2. The Morgan fingerprint density at radius 1 is 1.32 bits per heavy atom. The predicted molar refractivity (Wildman–Crippen MR) is 88.4 cm³/mol. The predicted octanol–water partition coefficient (Wildman–Crippen LogP) is 2.44. The number of amides is 1. The molecular weight excluding hydrogens is 298 g/mol. The van der Waals surface area contributed by atoms with E-state index in [9.17, 15) is 4.79 Å². The number of hydrogen-bond acceptors (Lipinski definition) is 5. The molecule has 0 aliphatic carbocycles. The lowest BCUT2D eigenvalue weighted by Gasteiger charge is -2.17. The molecule has 1 saturated heterocycles. The summed E-state index contributed by atoms with van der Waals surface area (Å²) in [6.07, 6.45) is 2.52. The molecular formula is C15H19N5OS. The maximum atomic E-state index is 11.9. The van der Waals surface area contributed by atoms with Crippen LogP contribution in [0.3, 0.4) is 0 Å². The van der Waals surface area contributed by atoms with E-state index in [1.807, 2.05) is 19.1 Å². The van der Waals surface area contributed by atoms with Crippen molar-refractivity contribution in [3.63, 3.8) is 0 Å². The lowest BCUT2D eigenvalue weighted by molar-refractivity contribution is -0.113. The van der Waals surface area contributed by atoms with Crippen molar-refractivity contribution < 1.29 is 4.79 Å². The molecule has 0 radical (unpaired) electrons. The Morgan fingerprint density at radius 3 is 2.68 bits per heavy atom. The first-order chi connectivity index (χ1) is 10.7. The first-order valence-corrected chi connectivity index (χ1v) is 8.36. The average Bonchev–Trinajstić information content (AvgIpc) is 3.17. The Balaban J connectivity index is 1.50. The van der Waals surface area contributed by atoms with Crippen LogP contribution in [0.15, 0.2) is 29.4 Å². The number of nitrogens with zero attached hydrogens (tertiary/aromatic N) is 3. The molecule has 2 N–H and O–H groups in total. The minimum absolute atomic E-state index is 0.0543. The quantitative estimate of drug-likeness (QED) is 0.829. The largest absolute Gasteiger partial charge is 0.372 e. The number of H-pyrrole nitrogens is 1. The van der Waals surface area contributed by atoms with Crippen molar-refractivity contribution in [2.24, 2.45) is 0 Å². The van der Waals surface area contributed by atoms with Crippen molar-refractivity contribution >= 4 is 29.0 Å². The number of carbonyl (C=O) groups is 1. The van der Waals surface area contributed by atoms with E-state index >= 15 is 0 Å². The standard InChI is InChI=1S/C15H19N5OS/c1-11-16-15(19-18-11)22-10-14(21)17-12-4-6-13(7-5-12)20-8-2-3-9-20/h4-7H,2-3,8-10H2,1H3,(H,17,21)(H,16,18,19). The first kappa shape index (κ1) is 14.9. The SMILES string of the molecule is Cc1nc(SCC(=O)Nc2ccc(N3CCCC3)cc2)n[nH]1. The minimum Gasteiger partial charge on any atom is -0.372 e. The maximum absolute atomic E-state index is 11.9. The first-order valence-electron chi connectivity index (χ1n) is 7.37. The van der Waals surface area contributed by atoms with E-state index in [2.05, 4.69) is 37.5 Å². The van der Waals surface area contributed by atoms with Gasteiger partial charge in [0.15, 0.2) is 0 Å². The van der Waals surface area contributed by atoms with Gasteiger partial charge in [-0.05, 0) is 44.0 Å². The summed E-state index contributed by atoms with van der Waals surface area (Å²) < 4.78 is 0. The zero-order chi connectivity index (χ0) is 15.4. The van der Waals surface area contributed by atoms with Gasteiger partial charge in [0.25, 0.3) is 0 Å². The maximum Gasteiger partial charge on any atom is 0.234 e. The highest BCUT2D eigenvalue weighted by molar-refractivity contribution is 7.99. The minimum atomic E-state index is -0.0543. The van der Waals surface area contributed by atoms with Crippen LogP contribution in [0.25, 0.3) is 0 Å².